The molecule has 0 saturated carbocycles. The molecule has 0 spiro atoms. The number of aromatic nitrogens is 4. The maximum atomic E-state index is 12.8. The average Bonchev–Trinajstić information content (AvgIpc) is 2.61. The largest absolute Gasteiger partial charge is 0.304 e. The molecule has 2 aromatic heterocycles. The van der Waals surface area contributed by atoms with Crippen molar-refractivity contribution in [2.45, 2.75) is 33.7 Å². The van der Waals surface area contributed by atoms with Crippen molar-refractivity contribution in [1.29, 1.82) is 0 Å². The van der Waals surface area contributed by atoms with E-state index in [1.807, 2.05) is 31.2 Å². The highest BCUT2D eigenvalue weighted by molar-refractivity contribution is 6.00. The molecule has 0 bridgehead atoms. The standard InChI is InChI=1S/C18H23N5O/c1-4-22(5-2)11-8-12-23-13(3)19-16-14-9-6-7-10-15(14)20-21-17(16)18(23)24/h6-7,9-10H,4-5,8,11-12H2,1-3H3. The summed E-state index contributed by atoms with van der Waals surface area (Å²) in [4.78, 5) is 19.8. The van der Waals surface area contributed by atoms with E-state index in [1.165, 1.54) is 0 Å². The van der Waals surface area contributed by atoms with Crippen LogP contribution >= 0.6 is 0 Å². The molecule has 3 aromatic rings. The van der Waals surface area contributed by atoms with Gasteiger partial charge in [0.25, 0.3) is 5.56 Å². The Labute approximate surface area is 141 Å². The van der Waals surface area contributed by atoms with Crippen LogP contribution in [0.5, 0.6) is 0 Å². The summed E-state index contributed by atoms with van der Waals surface area (Å²) in [7, 11) is 0. The summed E-state index contributed by atoms with van der Waals surface area (Å²) in [6, 6.07) is 7.65. The van der Waals surface area contributed by atoms with E-state index in [0.717, 1.165) is 42.8 Å². The summed E-state index contributed by atoms with van der Waals surface area (Å²) in [5.41, 5.74) is 1.65. The van der Waals surface area contributed by atoms with Gasteiger partial charge in [-0.25, -0.2) is 4.98 Å². The third-order valence-electron chi connectivity index (χ3n) is 4.50. The third kappa shape index (κ3) is 3.01. The first-order valence-electron chi connectivity index (χ1n) is 8.50. The Kier molecular flexibility index (Phi) is 4.85. The lowest BCUT2D eigenvalue weighted by Gasteiger charge is -2.18. The van der Waals surface area contributed by atoms with Gasteiger partial charge in [-0.05, 0) is 39.0 Å². The molecule has 0 aliphatic heterocycles. The van der Waals surface area contributed by atoms with Crippen LogP contribution in [-0.2, 0) is 6.54 Å². The summed E-state index contributed by atoms with van der Waals surface area (Å²) in [6.45, 7) is 9.86. The molecule has 3 rings (SSSR count). The van der Waals surface area contributed by atoms with E-state index >= 15 is 0 Å². The number of nitrogens with zero attached hydrogens (tertiary/aromatic N) is 5. The molecule has 24 heavy (non-hydrogen) atoms. The minimum atomic E-state index is -0.102. The van der Waals surface area contributed by atoms with Crippen molar-refractivity contribution in [3.8, 4) is 0 Å². The van der Waals surface area contributed by atoms with Gasteiger partial charge in [0.1, 0.15) is 11.3 Å². The van der Waals surface area contributed by atoms with E-state index in [2.05, 4.69) is 33.9 Å². The molecule has 0 atom stereocenters. The van der Waals surface area contributed by atoms with Crippen molar-refractivity contribution < 1.29 is 0 Å². The monoisotopic (exact) mass is 325 g/mol. The molecule has 2 heterocycles. The van der Waals surface area contributed by atoms with Gasteiger partial charge in [-0.1, -0.05) is 32.0 Å². The second-order valence-corrected chi connectivity index (χ2v) is 5.91. The van der Waals surface area contributed by atoms with E-state index < -0.39 is 0 Å². The Morgan fingerprint density at radius 3 is 2.58 bits per heavy atom. The van der Waals surface area contributed by atoms with Gasteiger partial charge < -0.3 is 4.90 Å². The van der Waals surface area contributed by atoms with Crippen molar-refractivity contribution >= 4 is 21.9 Å². The highest BCUT2D eigenvalue weighted by Gasteiger charge is 2.13. The molecule has 0 radical (unpaired) electrons. The SMILES string of the molecule is CCN(CC)CCCn1c(C)nc2c(nnc3ccccc32)c1=O. The number of hydrogen-bond donors (Lipinski definition) is 0. The molecule has 0 aliphatic carbocycles. The van der Waals surface area contributed by atoms with E-state index in [9.17, 15) is 4.79 Å². The lowest BCUT2D eigenvalue weighted by Crippen LogP contribution is -2.29. The summed E-state index contributed by atoms with van der Waals surface area (Å²) < 4.78 is 1.72. The van der Waals surface area contributed by atoms with Gasteiger partial charge in [0, 0.05) is 11.9 Å². The lowest BCUT2D eigenvalue weighted by molar-refractivity contribution is 0.292. The van der Waals surface area contributed by atoms with Crippen molar-refractivity contribution in [2.24, 2.45) is 0 Å². The molecule has 126 valence electrons. The second-order valence-electron chi connectivity index (χ2n) is 5.91. The van der Waals surface area contributed by atoms with Gasteiger partial charge in [-0.3, -0.25) is 9.36 Å². The van der Waals surface area contributed by atoms with Crippen LogP contribution in [0.25, 0.3) is 21.9 Å². The maximum Gasteiger partial charge on any atom is 0.281 e. The highest BCUT2D eigenvalue weighted by atomic mass is 16.1. The van der Waals surface area contributed by atoms with Gasteiger partial charge in [-0.15, -0.1) is 10.2 Å². The van der Waals surface area contributed by atoms with Crippen LogP contribution in [0.15, 0.2) is 29.1 Å². The Hall–Kier alpha value is -2.34. The van der Waals surface area contributed by atoms with Crippen molar-refractivity contribution in [2.75, 3.05) is 19.6 Å². The Morgan fingerprint density at radius 1 is 1.08 bits per heavy atom. The molecule has 0 unspecified atom stereocenters. The number of aryl methyl sites for hydroxylation is 1. The zero-order valence-corrected chi connectivity index (χ0v) is 14.5. The molecule has 0 N–H and O–H groups in total. The minimum Gasteiger partial charge on any atom is -0.304 e. The van der Waals surface area contributed by atoms with Crippen LogP contribution in [0.1, 0.15) is 26.1 Å². The normalized spacial score (nSPS) is 11.7. The molecule has 6 nitrogen and oxygen atoms in total. The van der Waals surface area contributed by atoms with Gasteiger partial charge in [0.15, 0.2) is 5.52 Å². The minimum absolute atomic E-state index is 0.102. The molecule has 6 heteroatoms. The van der Waals surface area contributed by atoms with Crippen molar-refractivity contribution in [1.82, 2.24) is 24.6 Å². The quantitative estimate of drug-likeness (QED) is 0.651. The Morgan fingerprint density at radius 2 is 1.83 bits per heavy atom. The predicted molar refractivity (Wildman–Crippen MR) is 96.2 cm³/mol. The van der Waals surface area contributed by atoms with Gasteiger partial charge >= 0.3 is 0 Å². The van der Waals surface area contributed by atoms with E-state index in [0.29, 0.717) is 17.6 Å². The first-order valence-corrected chi connectivity index (χ1v) is 8.50. The molecular formula is C18H23N5O. The van der Waals surface area contributed by atoms with Gasteiger partial charge in [-0.2, -0.15) is 0 Å². The molecule has 1 aromatic carbocycles. The lowest BCUT2D eigenvalue weighted by atomic mass is 10.2. The third-order valence-corrected chi connectivity index (χ3v) is 4.50. The zero-order valence-electron chi connectivity index (χ0n) is 14.5. The fraction of sp³-hybridized carbons (Fsp3) is 0.444. The van der Waals surface area contributed by atoms with Crippen LogP contribution < -0.4 is 5.56 Å². The summed E-state index contributed by atoms with van der Waals surface area (Å²) in [5, 5.41) is 9.17. The Balaban J connectivity index is 1.98. The van der Waals surface area contributed by atoms with Crippen LogP contribution in [0.2, 0.25) is 0 Å². The molecule has 0 aliphatic rings. The topological polar surface area (TPSA) is 63.9 Å². The predicted octanol–water partition coefficient (Wildman–Crippen LogP) is 2.38. The first-order chi connectivity index (χ1) is 11.7. The van der Waals surface area contributed by atoms with Crippen LogP contribution in [0.4, 0.5) is 0 Å². The van der Waals surface area contributed by atoms with Crippen LogP contribution in [0.3, 0.4) is 0 Å². The summed E-state index contributed by atoms with van der Waals surface area (Å²) in [6.07, 6.45) is 0.913. The number of rotatable bonds is 6. The Bertz CT molecular complexity index is 914. The zero-order chi connectivity index (χ0) is 17.1. The summed E-state index contributed by atoms with van der Waals surface area (Å²) in [5.74, 6) is 0.727. The highest BCUT2D eigenvalue weighted by Crippen LogP contribution is 2.18. The molecule has 0 fully saturated rings. The van der Waals surface area contributed by atoms with Gasteiger partial charge in [0.2, 0.25) is 0 Å². The molecule has 0 saturated heterocycles. The maximum absolute atomic E-state index is 12.8. The van der Waals surface area contributed by atoms with Crippen LogP contribution in [0, 0.1) is 6.92 Å². The summed E-state index contributed by atoms with van der Waals surface area (Å²) >= 11 is 0. The second kappa shape index (κ2) is 7.05. The van der Waals surface area contributed by atoms with Crippen molar-refractivity contribution in [3.63, 3.8) is 0 Å². The molecule has 0 amide bonds. The number of benzene rings is 1. The van der Waals surface area contributed by atoms with Gasteiger partial charge in [0.05, 0.1) is 5.52 Å². The fourth-order valence-corrected chi connectivity index (χ4v) is 3.05. The first kappa shape index (κ1) is 16.5. The number of hydrogen-bond acceptors (Lipinski definition) is 5. The van der Waals surface area contributed by atoms with E-state index in [4.69, 9.17) is 0 Å². The fourth-order valence-electron chi connectivity index (χ4n) is 3.05. The average molecular weight is 325 g/mol. The number of fused-ring (bicyclic) bond motifs is 3. The van der Waals surface area contributed by atoms with Crippen molar-refractivity contribution in [3.05, 3.63) is 40.4 Å². The molecular weight excluding hydrogens is 302 g/mol. The smallest absolute Gasteiger partial charge is 0.281 e. The van der Waals surface area contributed by atoms with E-state index in [-0.39, 0.29) is 5.56 Å². The van der Waals surface area contributed by atoms with Crippen LogP contribution in [-0.4, -0.2) is 44.3 Å². The van der Waals surface area contributed by atoms with E-state index in [1.54, 1.807) is 4.57 Å².